The highest BCUT2D eigenvalue weighted by Crippen LogP contribution is 2.17. The van der Waals surface area contributed by atoms with Crippen molar-refractivity contribution in [3.05, 3.63) is 34.8 Å². The van der Waals surface area contributed by atoms with Crippen LogP contribution in [-0.2, 0) is 0 Å². The zero-order valence-corrected chi connectivity index (χ0v) is 8.72. The van der Waals surface area contributed by atoms with Gasteiger partial charge in [-0.05, 0) is 18.2 Å². The Bertz CT molecular complexity index is 324. The van der Waals surface area contributed by atoms with Crippen LogP contribution >= 0.6 is 23.2 Å². The van der Waals surface area contributed by atoms with Gasteiger partial charge in [0.1, 0.15) is 16.8 Å². The normalized spacial score (nSPS) is 9.36. The summed E-state index contributed by atoms with van der Waals surface area (Å²) < 4.78 is 5.43. The first-order chi connectivity index (χ1) is 6.72. The first kappa shape index (κ1) is 11.2. The minimum atomic E-state index is 0.168. The van der Waals surface area contributed by atoms with Crippen molar-refractivity contribution in [3.63, 3.8) is 0 Å². The minimum Gasteiger partial charge on any atom is -0.489 e. The largest absolute Gasteiger partial charge is 0.489 e. The molecule has 1 aromatic rings. The number of rotatable bonds is 4. The molecule has 0 saturated heterocycles. The van der Waals surface area contributed by atoms with Crippen LogP contribution in [0.4, 0.5) is 5.69 Å². The van der Waals surface area contributed by atoms with Gasteiger partial charge in [-0.2, -0.15) is 0 Å². The van der Waals surface area contributed by atoms with Gasteiger partial charge in [0.2, 0.25) is 0 Å². The second kappa shape index (κ2) is 5.75. The molecule has 0 fully saturated rings. The quantitative estimate of drug-likeness (QED) is 0.786. The molecule has 0 unspecified atom stereocenters. The van der Waals surface area contributed by atoms with Gasteiger partial charge in [0.05, 0.1) is 5.69 Å². The van der Waals surface area contributed by atoms with E-state index < -0.39 is 0 Å². The van der Waals surface area contributed by atoms with Crippen LogP contribution in [0, 0.1) is 0 Å². The third-order valence-corrected chi connectivity index (χ3v) is 1.76. The summed E-state index contributed by atoms with van der Waals surface area (Å²) >= 11 is 10.8. The Morgan fingerprint density at radius 3 is 2.93 bits per heavy atom. The lowest BCUT2D eigenvalue weighted by molar-refractivity contribution is 0.360. The van der Waals surface area contributed by atoms with Gasteiger partial charge >= 0.3 is 0 Å². The van der Waals surface area contributed by atoms with Crippen molar-refractivity contribution in [2.45, 2.75) is 0 Å². The highest BCUT2D eigenvalue weighted by atomic mass is 35.5. The summed E-state index contributed by atoms with van der Waals surface area (Å²) in [5.41, 5.74) is 2.58. The summed E-state index contributed by atoms with van der Waals surface area (Å²) in [6.45, 7) is 0.289. The van der Waals surface area contributed by atoms with E-state index in [1.807, 2.05) is 5.48 Å². The fourth-order valence-electron chi connectivity index (χ4n) is 0.856. The molecule has 14 heavy (non-hydrogen) atoms. The van der Waals surface area contributed by atoms with E-state index in [1.165, 1.54) is 6.08 Å². The van der Waals surface area contributed by atoms with Crippen molar-refractivity contribution in [1.29, 1.82) is 0 Å². The maximum absolute atomic E-state index is 8.62. The Morgan fingerprint density at radius 1 is 1.50 bits per heavy atom. The van der Waals surface area contributed by atoms with E-state index in [1.54, 1.807) is 24.3 Å². The molecule has 5 heteroatoms. The number of anilines is 1. The lowest BCUT2D eigenvalue weighted by Gasteiger charge is -2.04. The number of hydrogen-bond acceptors (Lipinski definition) is 3. The lowest BCUT2D eigenvalue weighted by Crippen LogP contribution is -1.95. The van der Waals surface area contributed by atoms with Crippen molar-refractivity contribution in [3.8, 4) is 5.75 Å². The first-order valence-electron chi connectivity index (χ1n) is 3.86. The van der Waals surface area contributed by atoms with E-state index in [9.17, 15) is 0 Å². The highest BCUT2D eigenvalue weighted by molar-refractivity contribution is 6.55. The Balaban J connectivity index is 2.54. The average molecular weight is 234 g/mol. The van der Waals surface area contributed by atoms with Gasteiger partial charge in [0.25, 0.3) is 0 Å². The van der Waals surface area contributed by atoms with Crippen LogP contribution in [0.1, 0.15) is 0 Å². The Labute approximate surface area is 91.9 Å². The molecule has 0 heterocycles. The van der Waals surface area contributed by atoms with Crippen LogP contribution in [-0.4, -0.2) is 11.8 Å². The molecule has 0 aliphatic rings. The van der Waals surface area contributed by atoms with E-state index in [0.29, 0.717) is 11.4 Å². The van der Waals surface area contributed by atoms with Crippen molar-refractivity contribution < 1.29 is 9.94 Å². The summed E-state index contributed by atoms with van der Waals surface area (Å²) in [7, 11) is 0. The van der Waals surface area contributed by atoms with E-state index in [0.717, 1.165) is 0 Å². The van der Waals surface area contributed by atoms with E-state index in [4.69, 9.17) is 33.1 Å². The first-order valence-corrected chi connectivity index (χ1v) is 4.62. The van der Waals surface area contributed by atoms with Crippen LogP contribution in [0.5, 0.6) is 5.75 Å². The minimum absolute atomic E-state index is 0.168. The summed E-state index contributed by atoms with van der Waals surface area (Å²) in [4.78, 5) is 0. The molecule has 0 aliphatic heterocycles. The number of nitrogens with one attached hydrogen (secondary N) is 1. The summed E-state index contributed by atoms with van der Waals surface area (Å²) in [5.74, 6) is 0.620. The highest BCUT2D eigenvalue weighted by Gasteiger charge is 1.94. The number of halogens is 2. The molecule has 0 saturated carbocycles. The van der Waals surface area contributed by atoms with Gasteiger partial charge in [0.15, 0.2) is 0 Å². The SMILES string of the molecule is ONc1cccc(OCC=C(Cl)Cl)c1. The standard InChI is InChI=1S/C9H9Cl2NO2/c10-9(11)4-5-14-8-3-1-2-7(6-8)12-13/h1-4,6,12-13H,5H2. The van der Waals surface area contributed by atoms with E-state index in [-0.39, 0.29) is 11.1 Å². The third-order valence-electron chi connectivity index (χ3n) is 1.45. The molecule has 0 aromatic heterocycles. The van der Waals surface area contributed by atoms with E-state index in [2.05, 4.69) is 0 Å². The van der Waals surface area contributed by atoms with Crippen LogP contribution in [0.25, 0.3) is 0 Å². The number of hydrogen-bond donors (Lipinski definition) is 2. The Hall–Kier alpha value is -0.900. The Morgan fingerprint density at radius 2 is 2.29 bits per heavy atom. The van der Waals surface area contributed by atoms with Crippen molar-refractivity contribution in [2.75, 3.05) is 12.1 Å². The second-order valence-electron chi connectivity index (χ2n) is 2.44. The maximum Gasteiger partial charge on any atom is 0.121 e. The summed E-state index contributed by atoms with van der Waals surface area (Å²) in [6, 6.07) is 6.87. The third kappa shape index (κ3) is 3.87. The topological polar surface area (TPSA) is 41.5 Å². The monoisotopic (exact) mass is 233 g/mol. The second-order valence-corrected chi connectivity index (χ2v) is 3.45. The molecule has 2 N–H and O–H groups in total. The molecule has 0 aliphatic carbocycles. The zero-order chi connectivity index (χ0) is 10.4. The molecular weight excluding hydrogens is 225 g/mol. The fourth-order valence-corrected chi connectivity index (χ4v) is 0.982. The predicted molar refractivity (Wildman–Crippen MR) is 57.1 cm³/mol. The maximum atomic E-state index is 8.62. The van der Waals surface area contributed by atoms with Gasteiger partial charge in [0, 0.05) is 6.07 Å². The summed E-state index contributed by atoms with van der Waals surface area (Å²) in [6.07, 6.45) is 1.53. The predicted octanol–water partition coefficient (Wildman–Crippen LogP) is 3.19. The van der Waals surface area contributed by atoms with Crippen LogP contribution in [0.3, 0.4) is 0 Å². The van der Waals surface area contributed by atoms with Crippen LogP contribution in [0.15, 0.2) is 34.8 Å². The van der Waals surface area contributed by atoms with Crippen LogP contribution in [0.2, 0.25) is 0 Å². The van der Waals surface area contributed by atoms with Crippen molar-refractivity contribution >= 4 is 28.9 Å². The zero-order valence-electron chi connectivity index (χ0n) is 7.21. The van der Waals surface area contributed by atoms with Crippen molar-refractivity contribution in [1.82, 2.24) is 0 Å². The molecule has 0 radical (unpaired) electrons. The molecule has 0 amide bonds. The van der Waals surface area contributed by atoms with E-state index >= 15 is 0 Å². The van der Waals surface area contributed by atoms with Gasteiger partial charge in [-0.1, -0.05) is 29.3 Å². The smallest absolute Gasteiger partial charge is 0.121 e. The Kier molecular flexibility index (Phi) is 4.59. The molecule has 0 spiro atoms. The fraction of sp³-hybridized carbons (Fsp3) is 0.111. The number of ether oxygens (including phenoxy) is 1. The molecule has 0 bridgehead atoms. The summed E-state index contributed by atoms with van der Waals surface area (Å²) in [5, 5.41) is 8.62. The molecule has 1 aromatic carbocycles. The van der Waals surface area contributed by atoms with Crippen LogP contribution < -0.4 is 10.2 Å². The van der Waals surface area contributed by atoms with Crippen molar-refractivity contribution in [2.24, 2.45) is 0 Å². The molecule has 76 valence electrons. The van der Waals surface area contributed by atoms with Gasteiger partial charge < -0.3 is 4.74 Å². The molecule has 1 rings (SSSR count). The number of benzene rings is 1. The molecular formula is C9H9Cl2NO2. The average Bonchev–Trinajstić information content (AvgIpc) is 2.18. The van der Waals surface area contributed by atoms with Gasteiger partial charge in [-0.25, -0.2) is 0 Å². The van der Waals surface area contributed by atoms with Gasteiger partial charge in [-0.3, -0.25) is 10.7 Å². The molecule has 0 atom stereocenters. The molecule has 3 nitrogen and oxygen atoms in total. The van der Waals surface area contributed by atoms with Gasteiger partial charge in [-0.15, -0.1) is 0 Å². The lowest BCUT2D eigenvalue weighted by atomic mass is 10.3.